The number of aromatic nitrogens is 2. The molecule has 0 unspecified atom stereocenters. The van der Waals surface area contributed by atoms with E-state index in [9.17, 15) is 8.42 Å². The summed E-state index contributed by atoms with van der Waals surface area (Å²) in [5.74, 6) is 0.123. The second kappa shape index (κ2) is 5.21. The number of nitrogens with zero attached hydrogens (tertiary/aromatic N) is 2. The van der Waals surface area contributed by atoms with Gasteiger partial charge in [-0.1, -0.05) is 23.7 Å². The highest BCUT2D eigenvalue weighted by atomic mass is 79.9. The molecule has 0 saturated heterocycles. The zero-order chi connectivity index (χ0) is 13.2. The molecule has 0 saturated carbocycles. The summed E-state index contributed by atoms with van der Waals surface area (Å²) < 4.78 is 26.9. The van der Waals surface area contributed by atoms with Gasteiger partial charge in [0.15, 0.2) is 5.82 Å². The molecule has 0 spiro atoms. The summed E-state index contributed by atoms with van der Waals surface area (Å²) in [5.41, 5.74) is 0. The lowest BCUT2D eigenvalue weighted by Crippen LogP contribution is -2.14. The van der Waals surface area contributed by atoms with Crippen LogP contribution in [0, 0.1) is 0 Å². The molecule has 0 aliphatic heterocycles. The molecule has 0 fully saturated rings. The number of halogens is 2. The highest BCUT2D eigenvalue weighted by molar-refractivity contribution is 9.10. The van der Waals surface area contributed by atoms with E-state index in [0.29, 0.717) is 4.60 Å². The van der Waals surface area contributed by atoms with Crippen molar-refractivity contribution in [2.24, 2.45) is 0 Å². The molecule has 0 aliphatic rings. The lowest BCUT2D eigenvalue weighted by molar-refractivity contribution is 0.601. The van der Waals surface area contributed by atoms with Crippen LogP contribution in [0.1, 0.15) is 0 Å². The smallest absolute Gasteiger partial charge is 0.262 e. The zero-order valence-corrected chi connectivity index (χ0v) is 12.0. The fraction of sp³-hybridized carbons (Fsp3) is 0. The Bertz CT molecular complexity index is 661. The highest BCUT2D eigenvalue weighted by Crippen LogP contribution is 2.22. The largest absolute Gasteiger partial charge is 0.264 e. The third kappa shape index (κ3) is 2.98. The topological polar surface area (TPSA) is 72.0 Å². The molecule has 0 atom stereocenters. The van der Waals surface area contributed by atoms with E-state index < -0.39 is 10.0 Å². The van der Waals surface area contributed by atoms with Crippen molar-refractivity contribution < 1.29 is 8.42 Å². The van der Waals surface area contributed by atoms with Gasteiger partial charge in [0.25, 0.3) is 10.0 Å². The van der Waals surface area contributed by atoms with Gasteiger partial charge in [-0.25, -0.2) is 8.42 Å². The molecule has 1 aromatic heterocycles. The van der Waals surface area contributed by atoms with Crippen molar-refractivity contribution in [2.75, 3.05) is 4.72 Å². The van der Waals surface area contributed by atoms with Crippen LogP contribution in [0.4, 0.5) is 5.82 Å². The summed E-state index contributed by atoms with van der Waals surface area (Å²) in [6.45, 7) is 0. The Hall–Kier alpha value is -1.18. The van der Waals surface area contributed by atoms with Crippen LogP contribution in [0.5, 0.6) is 0 Å². The van der Waals surface area contributed by atoms with Crippen LogP contribution in [0.15, 0.2) is 45.9 Å². The van der Waals surface area contributed by atoms with Gasteiger partial charge in [-0.15, -0.1) is 10.2 Å². The zero-order valence-electron chi connectivity index (χ0n) is 8.84. The van der Waals surface area contributed by atoms with Gasteiger partial charge in [-0.2, -0.15) is 0 Å². The van der Waals surface area contributed by atoms with Crippen molar-refractivity contribution in [3.8, 4) is 0 Å². The van der Waals surface area contributed by atoms with Crippen molar-refractivity contribution in [1.29, 1.82) is 0 Å². The minimum absolute atomic E-state index is 0.00335. The summed E-state index contributed by atoms with van der Waals surface area (Å²) in [6.07, 6.45) is 0. The number of sulfonamides is 1. The van der Waals surface area contributed by atoms with Crippen molar-refractivity contribution in [1.82, 2.24) is 10.2 Å². The Morgan fingerprint density at radius 2 is 1.83 bits per heavy atom. The first-order valence-electron chi connectivity index (χ1n) is 4.75. The average Bonchev–Trinajstić information content (AvgIpc) is 2.32. The van der Waals surface area contributed by atoms with E-state index in [0.717, 1.165) is 0 Å². The van der Waals surface area contributed by atoms with Crippen molar-refractivity contribution in [3.05, 3.63) is 46.0 Å². The minimum Gasteiger partial charge on any atom is -0.262 e. The summed E-state index contributed by atoms with van der Waals surface area (Å²) in [5, 5.41) is 7.52. The van der Waals surface area contributed by atoms with Crippen molar-refractivity contribution >= 4 is 43.4 Å². The molecule has 94 valence electrons. The summed E-state index contributed by atoms with van der Waals surface area (Å²) in [4.78, 5) is -0.00335. The number of hydrogen-bond donors (Lipinski definition) is 1. The van der Waals surface area contributed by atoms with E-state index >= 15 is 0 Å². The fourth-order valence-electron chi connectivity index (χ4n) is 1.23. The minimum atomic E-state index is -3.76. The van der Waals surface area contributed by atoms with Crippen LogP contribution < -0.4 is 4.72 Å². The van der Waals surface area contributed by atoms with Gasteiger partial charge < -0.3 is 0 Å². The summed E-state index contributed by atoms with van der Waals surface area (Å²) in [7, 11) is -3.76. The van der Waals surface area contributed by atoms with Gasteiger partial charge in [-0.05, 0) is 40.2 Å². The van der Waals surface area contributed by atoms with Crippen LogP contribution in [0.2, 0.25) is 5.02 Å². The average molecular weight is 349 g/mol. The first-order chi connectivity index (χ1) is 8.49. The Labute approximate surface area is 117 Å². The maximum absolute atomic E-state index is 12.0. The number of anilines is 1. The monoisotopic (exact) mass is 347 g/mol. The lowest BCUT2D eigenvalue weighted by Gasteiger charge is -2.07. The third-order valence-electron chi connectivity index (χ3n) is 2.00. The standard InChI is InChI=1S/C10H7BrClN3O2S/c11-9-5-6-10(14-13-9)15-18(16,17)8-4-2-1-3-7(8)12/h1-6H,(H,14,15). The maximum Gasteiger partial charge on any atom is 0.264 e. The number of nitrogens with one attached hydrogen (secondary N) is 1. The SMILES string of the molecule is O=S(=O)(Nc1ccc(Br)nn1)c1ccccc1Cl. The Morgan fingerprint density at radius 3 is 2.44 bits per heavy atom. The first-order valence-corrected chi connectivity index (χ1v) is 7.41. The Morgan fingerprint density at radius 1 is 1.11 bits per heavy atom. The molecule has 1 N–H and O–H groups in total. The van der Waals surface area contributed by atoms with Gasteiger partial charge in [0, 0.05) is 0 Å². The molecule has 5 nitrogen and oxygen atoms in total. The van der Waals surface area contributed by atoms with E-state index in [2.05, 4.69) is 30.8 Å². The molecule has 2 aromatic rings. The molecule has 0 radical (unpaired) electrons. The van der Waals surface area contributed by atoms with Crippen LogP contribution in [0.3, 0.4) is 0 Å². The van der Waals surface area contributed by atoms with E-state index in [4.69, 9.17) is 11.6 Å². The van der Waals surface area contributed by atoms with Crippen LogP contribution in [-0.4, -0.2) is 18.6 Å². The number of hydrogen-bond acceptors (Lipinski definition) is 4. The molecule has 0 bridgehead atoms. The molecule has 0 amide bonds. The Balaban J connectivity index is 2.33. The second-order valence-electron chi connectivity index (χ2n) is 3.28. The highest BCUT2D eigenvalue weighted by Gasteiger charge is 2.17. The normalized spacial score (nSPS) is 11.2. The van der Waals surface area contributed by atoms with Gasteiger partial charge in [0.2, 0.25) is 0 Å². The second-order valence-corrected chi connectivity index (χ2v) is 6.15. The van der Waals surface area contributed by atoms with E-state index in [-0.39, 0.29) is 15.7 Å². The molecule has 1 aromatic carbocycles. The molecule has 2 rings (SSSR count). The molecule has 18 heavy (non-hydrogen) atoms. The first kappa shape index (κ1) is 13.3. The van der Waals surface area contributed by atoms with E-state index in [1.165, 1.54) is 18.2 Å². The summed E-state index contributed by atoms with van der Waals surface area (Å²) in [6, 6.07) is 9.23. The molecular formula is C10H7BrClN3O2S. The van der Waals surface area contributed by atoms with Crippen LogP contribution in [-0.2, 0) is 10.0 Å². The number of rotatable bonds is 3. The summed E-state index contributed by atoms with van der Waals surface area (Å²) >= 11 is 8.95. The van der Waals surface area contributed by atoms with Crippen LogP contribution in [0.25, 0.3) is 0 Å². The molecule has 1 heterocycles. The van der Waals surface area contributed by atoms with E-state index in [1.54, 1.807) is 18.2 Å². The van der Waals surface area contributed by atoms with Gasteiger partial charge in [0.1, 0.15) is 9.50 Å². The predicted octanol–water partition coefficient (Wildman–Crippen LogP) is 2.69. The third-order valence-corrected chi connectivity index (χ3v) is 4.27. The fourth-order valence-corrected chi connectivity index (χ4v) is 2.95. The van der Waals surface area contributed by atoms with E-state index in [1.807, 2.05) is 0 Å². The quantitative estimate of drug-likeness (QED) is 0.925. The number of benzene rings is 1. The van der Waals surface area contributed by atoms with Crippen LogP contribution >= 0.6 is 27.5 Å². The molecule has 0 aliphatic carbocycles. The van der Waals surface area contributed by atoms with Gasteiger partial charge >= 0.3 is 0 Å². The lowest BCUT2D eigenvalue weighted by atomic mass is 10.4. The molecule has 8 heteroatoms. The van der Waals surface area contributed by atoms with Gasteiger partial charge in [-0.3, -0.25) is 4.72 Å². The maximum atomic E-state index is 12.0. The Kier molecular flexibility index (Phi) is 3.84. The van der Waals surface area contributed by atoms with Gasteiger partial charge in [0.05, 0.1) is 5.02 Å². The van der Waals surface area contributed by atoms with Crippen molar-refractivity contribution in [3.63, 3.8) is 0 Å². The molecular weight excluding hydrogens is 342 g/mol. The van der Waals surface area contributed by atoms with Crippen molar-refractivity contribution in [2.45, 2.75) is 4.90 Å². The predicted molar refractivity (Wildman–Crippen MR) is 72.0 cm³/mol.